The van der Waals surface area contributed by atoms with Gasteiger partial charge in [-0.05, 0) is 30.7 Å². The third-order valence-electron chi connectivity index (χ3n) is 3.34. The van der Waals surface area contributed by atoms with Gasteiger partial charge in [-0.3, -0.25) is 4.79 Å². The van der Waals surface area contributed by atoms with Crippen molar-refractivity contribution in [2.45, 2.75) is 19.2 Å². The zero-order valence-electron chi connectivity index (χ0n) is 13.3. The molecular weight excluding hydrogens is 340 g/mol. The predicted octanol–water partition coefficient (Wildman–Crippen LogP) is 3.19. The number of nitrogens with one attached hydrogen (secondary N) is 1. The molecule has 124 valence electrons. The van der Waals surface area contributed by atoms with E-state index >= 15 is 0 Å². The molecule has 0 radical (unpaired) electrons. The van der Waals surface area contributed by atoms with Crippen molar-refractivity contribution < 1.29 is 4.79 Å². The fourth-order valence-corrected chi connectivity index (χ4v) is 3.63. The third-order valence-corrected chi connectivity index (χ3v) is 5.13. The van der Waals surface area contributed by atoms with E-state index in [0.717, 1.165) is 27.7 Å². The number of rotatable bonds is 7. The molecule has 0 fully saturated rings. The maximum absolute atomic E-state index is 11.9. The molecule has 24 heavy (non-hydrogen) atoms. The molecule has 0 aliphatic rings. The van der Waals surface area contributed by atoms with Crippen LogP contribution in [-0.4, -0.2) is 26.4 Å². The monoisotopic (exact) mass is 358 g/mol. The van der Waals surface area contributed by atoms with E-state index in [-0.39, 0.29) is 5.91 Å². The quantitative estimate of drug-likeness (QED) is 0.705. The Labute approximate surface area is 149 Å². The summed E-state index contributed by atoms with van der Waals surface area (Å²) in [6.07, 6.45) is 3.65. The molecule has 3 rings (SSSR count). The number of benzene rings is 1. The van der Waals surface area contributed by atoms with Crippen molar-refractivity contribution in [3.63, 3.8) is 0 Å². The third kappa shape index (κ3) is 4.69. The normalized spacial score (nSPS) is 10.7. The summed E-state index contributed by atoms with van der Waals surface area (Å²) < 4.78 is 1.80. The fraction of sp³-hybridized carbons (Fsp3) is 0.235. The second kappa shape index (κ2) is 8.12. The highest BCUT2D eigenvalue weighted by Crippen LogP contribution is 2.15. The highest BCUT2D eigenvalue weighted by atomic mass is 32.2. The van der Waals surface area contributed by atoms with Crippen LogP contribution in [-0.2, 0) is 17.1 Å². The molecule has 0 saturated heterocycles. The molecule has 1 aromatic carbocycles. The van der Waals surface area contributed by atoms with Crippen molar-refractivity contribution in [1.82, 2.24) is 20.1 Å². The van der Waals surface area contributed by atoms with E-state index in [0.29, 0.717) is 12.3 Å². The Balaban J connectivity index is 1.41. The molecule has 3 aromatic rings. The second-order valence-corrected chi connectivity index (χ2v) is 7.29. The Morgan fingerprint density at radius 2 is 2.17 bits per heavy atom. The molecule has 2 heterocycles. The Morgan fingerprint density at radius 3 is 2.83 bits per heavy atom. The van der Waals surface area contributed by atoms with Crippen LogP contribution in [0.2, 0.25) is 0 Å². The summed E-state index contributed by atoms with van der Waals surface area (Å²) in [5.74, 6) is 1.27. The summed E-state index contributed by atoms with van der Waals surface area (Å²) in [5, 5.41) is 10.2. The zero-order chi connectivity index (χ0) is 16.8. The molecule has 0 saturated carbocycles. The zero-order valence-corrected chi connectivity index (χ0v) is 14.9. The van der Waals surface area contributed by atoms with E-state index in [1.807, 2.05) is 48.8 Å². The first kappa shape index (κ1) is 16.7. The van der Waals surface area contributed by atoms with Gasteiger partial charge in [0.2, 0.25) is 5.91 Å². The number of thioether (sulfide) groups is 1. The molecule has 2 aromatic heterocycles. The molecule has 0 aliphatic heterocycles. The Morgan fingerprint density at radius 1 is 1.33 bits per heavy atom. The molecule has 0 bridgehead atoms. The van der Waals surface area contributed by atoms with Crippen molar-refractivity contribution >= 4 is 29.0 Å². The fourth-order valence-electron chi connectivity index (χ4n) is 2.16. The number of nitrogens with zero attached hydrogens (tertiary/aromatic N) is 3. The average Bonchev–Trinajstić information content (AvgIpc) is 3.25. The van der Waals surface area contributed by atoms with Crippen molar-refractivity contribution in [1.29, 1.82) is 0 Å². The first-order valence-electron chi connectivity index (χ1n) is 7.55. The van der Waals surface area contributed by atoms with Gasteiger partial charge >= 0.3 is 0 Å². The van der Waals surface area contributed by atoms with Gasteiger partial charge in [-0.1, -0.05) is 12.1 Å². The highest BCUT2D eigenvalue weighted by Gasteiger charge is 2.04. The minimum absolute atomic E-state index is 0.0445. The Hall–Kier alpha value is -2.12. The van der Waals surface area contributed by atoms with E-state index < -0.39 is 0 Å². The molecule has 0 unspecified atom stereocenters. The van der Waals surface area contributed by atoms with E-state index in [1.165, 1.54) is 0 Å². The molecule has 0 atom stereocenters. The number of aromatic nitrogens is 3. The smallest absolute Gasteiger partial charge is 0.230 e. The minimum atomic E-state index is 0.0445. The summed E-state index contributed by atoms with van der Waals surface area (Å²) in [5.41, 5.74) is 3.12. The number of carbonyl (C=O) groups is 1. The van der Waals surface area contributed by atoms with Gasteiger partial charge in [0.25, 0.3) is 0 Å². The summed E-state index contributed by atoms with van der Waals surface area (Å²) in [4.78, 5) is 16.3. The standard InChI is InChI=1S/C17H18N4OS2/c1-13-20-15(11-24-13)10-23-12-17(22)18-9-14-3-5-16(6-4-14)21-8-2-7-19-21/h2-8,11H,9-10,12H2,1H3,(H,18,22). The van der Waals surface area contributed by atoms with E-state index in [1.54, 1.807) is 34.0 Å². The van der Waals surface area contributed by atoms with Gasteiger partial charge in [0.15, 0.2) is 0 Å². The number of thiazole rings is 1. The topological polar surface area (TPSA) is 59.8 Å². The Kier molecular flexibility index (Phi) is 5.66. The average molecular weight is 358 g/mol. The van der Waals surface area contributed by atoms with Gasteiger partial charge in [0.05, 0.1) is 22.1 Å². The lowest BCUT2D eigenvalue weighted by atomic mass is 10.2. The number of carbonyl (C=O) groups excluding carboxylic acids is 1. The van der Waals surface area contributed by atoms with Gasteiger partial charge < -0.3 is 5.32 Å². The van der Waals surface area contributed by atoms with Gasteiger partial charge in [-0.2, -0.15) is 5.10 Å². The van der Waals surface area contributed by atoms with Crippen molar-refractivity contribution in [3.8, 4) is 5.69 Å². The van der Waals surface area contributed by atoms with Crippen molar-refractivity contribution in [2.24, 2.45) is 0 Å². The van der Waals surface area contributed by atoms with Gasteiger partial charge in [-0.25, -0.2) is 9.67 Å². The molecular formula is C17H18N4OS2. The van der Waals surface area contributed by atoms with Crippen LogP contribution in [0.1, 0.15) is 16.3 Å². The summed E-state index contributed by atoms with van der Waals surface area (Å²) in [6.45, 7) is 2.53. The van der Waals surface area contributed by atoms with Crippen LogP contribution >= 0.6 is 23.1 Å². The highest BCUT2D eigenvalue weighted by molar-refractivity contribution is 7.99. The van der Waals surface area contributed by atoms with Crippen LogP contribution in [0.25, 0.3) is 5.69 Å². The van der Waals surface area contributed by atoms with Crippen LogP contribution < -0.4 is 5.32 Å². The second-order valence-electron chi connectivity index (χ2n) is 5.24. The number of hydrogen-bond donors (Lipinski definition) is 1. The van der Waals surface area contributed by atoms with E-state index in [4.69, 9.17) is 0 Å². The van der Waals surface area contributed by atoms with Crippen molar-refractivity contribution in [3.05, 3.63) is 64.4 Å². The molecule has 5 nitrogen and oxygen atoms in total. The van der Waals surface area contributed by atoms with Crippen LogP contribution in [0.5, 0.6) is 0 Å². The summed E-state index contributed by atoms with van der Waals surface area (Å²) >= 11 is 3.22. The lowest BCUT2D eigenvalue weighted by Crippen LogP contribution is -2.24. The van der Waals surface area contributed by atoms with Gasteiger partial charge in [-0.15, -0.1) is 23.1 Å². The van der Waals surface area contributed by atoms with Crippen LogP contribution in [0, 0.1) is 6.92 Å². The van der Waals surface area contributed by atoms with Crippen LogP contribution in [0.4, 0.5) is 0 Å². The molecule has 0 aliphatic carbocycles. The molecule has 0 spiro atoms. The van der Waals surface area contributed by atoms with Crippen molar-refractivity contribution in [2.75, 3.05) is 5.75 Å². The van der Waals surface area contributed by atoms with E-state index in [2.05, 4.69) is 15.4 Å². The maximum Gasteiger partial charge on any atom is 0.230 e. The predicted molar refractivity (Wildman–Crippen MR) is 98.4 cm³/mol. The largest absolute Gasteiger partial charge is 0.351 e. The lowest BCUT2D eigenvalue weighted by molar-refractivity contribution is -0.118. The molecule has 1 N–H and O–H groups in total. The van der Waals surface area contributed by atoms with Gasteiger partial charge in [0.1, 0.15) is 0 Å². The summed E-state index contributed by atoms with van der Waals surface area (Å²) in [6, 6.07) is 9.88. The van der Waals surface area contributed by atoms with E-state index in [9.17, 15) is 4.79 Å². The molecule has 1 amide bonds. The summed E-state index contributed by atoms with van der Waals surface area (Å²) in [7, 11) is 0. The maximum atomic E-state index is 11.9. The van der Waals surface area contributed by atoms with Crippen LogP contribution in [0.15, 0.2) is 48.1 Å². The number of hydrogen-bond acceptors (Lipinski definition) is 5. The van der Waals surface area contributed by atoms with Gasteiger partial charge in [0, 0.05) is 30.1 Å². The first-order valence-corrected chi connectivity index (χ1v) is 9.58. The number of aryl methyl sites for hydroxylation is 1. The lowest BCUT2D eigenvalue weighted by Gasteiger charge is -2.06. The Bertz CT molecular complexity index is 781. The first-order chi connectivity index (χ1) is 11.7. The molecule has 7 heteroatoms. The number of amides is 1. The van der Waals surface area contributed by atoms with Crippen LogP contribution in [0.3, 0.4) is 0 Å². The minimum Gasteiger partial charge on any atom is -0.351 e. The SMILES string of the molecule is Cc1nc(CSCC(=O)NCc2ccc(-n3cccn3)cc2)cs1.